The number of benzene rings is 1. The van der Waals surface area contributed by atoms with Gasteiger partial charge in [0.05, 0.1) is 5.52 Å². The predicted molar refractivity (Wildman–Crippen MR) is 85.0 cm³/mol. The molecule has 8 heteroatoms. The van der Waals surface area contributed by atoms with E-state index in [-0.39, 0.29) is 0 Å². The zero-order valence-electron chi connectivity index (χ0n) is 12.9. The second-order valence-corrected chi connectivity index (χ2v) is 6.29. The van der Waals surface area contributed by atoms with Gasteiger partial charge in [-0.25, -0.2) is 0 Å². The van der Waals surface area contributed by atoms with Gasteiger partial charge in [0, 0.05) is 43.6 Å². The van der Waals surface area contributed by atoms with E-state index in [0.717, 1.165) is 16.7 Å². The fourth-order valence-corrected chi connectivity index (χ4v) is 3.15. The van der Waals surface area contributed by atoms with Gasteiger partial charge in [-0.15, -0.1) is 0 Å². The van der Waals surface area contributed by atoms with Crippen LogP contribution in [-0.2, 0) is 7.05 Å². The summed E-state index contributed by atoms with van der Waals surface area (Å²) >= 11 is 6.06. The van der Waals surface area contributed by atoms with Gasteiger partial charge in [-0.3, -0.25) is 9.58 Å². The number of fused-ring (bicyclic) bond motifs is 1. The van der Waals surface area contributed by atoms with Gasteiger partial charge in [-0.1, -0.05) is 11.6 Å². The number of rotatable bonds is 2. The van der Waals surface area contributed by atoms with E-state index in [9.17, 15) is 13.2 Å². The molecule has 126 valence electrons. The Morgan fingerprint density at radius 2 is 1.83 bits per heavy atom. The molecule has 1 saturated heterocycles. The Morgan fingerprint density at radius 1 is 1.17 bits per heavy atom. The summed E-state index contributed by atoms with van der Waals surface area (Å²) in [6.45, 7) is 2.96. The topological polar surface area (TPSA) is 24.3 Å². The van der Waals surface area contributed by atoms with Gasteiger partial charge < -0.3 is 4.90 Å². The van der Waals surface area contributed by atoms with Crippen LogP contribution in [0.3, 0.4) is 0 Å². The lowest BCUT2D eigenvalue weighted by atomic mass is 10.2. The summed E-state index contributed by atoms with van der Waals surface area (Å²) in [5.74, 6) is 0.782. The van der Waals surface area contributed by atoms with Crippen molar-refractivity contribution in [3.63, 3.8) is 0 Å². The number of alkyl halides is 3. The second-order valence-electron chi connectivity index (χ2n) is 5.85. The molecule has 1 fully saturated rings. The first-order valence-electron chi connectivity index (χ1n) is 7.45. The highest BCUT2D eigenvalue weighted by atomic mass is 35.5. The summed E-state index contributed by atoms with van der Waals surface area (Å²) in [5, 5.41) is 6.07. The number of nitrogens with zero attached hydrogens (tertiary/aromatic N) is 4. The molecule has 1 unspecified atom stereocenters. The van der Waals surface area contributed by atoms with Crippen LogP contribution in [0.25, 0.3) is 10.9 Å². The first kappa shape index (κ1) is 16.4. The Hall–Kier alpha value is -1.47. The van der Waals surface area contributed by atoms with Crippen molar-refractivity contribution in [1.29, 1.82) is 0 Å². The van der Waals surface area contributed by atoms with Crippen LogP contribution in [-0.4, -0.2) is 53.1 Å². The van der Waals surface area contributed by atoms with Crippen LogP contribution in [0, 0.1) is 0 Å². The molecule has 0 saturated carbocycles. The Labute approximate surface area is 137 Å². The zero-order chi connectivity index (χ0) is 16.8. The molecule has 2 aromatic rings. The van der Waals surface area contributed by atoms with Crippen LogP contribution in [0.1, 0.15) is 6.92 Å². The minimum Gasteiger partial charge on any atom is -0.352 e. The number of aryl methyl sites for hydroxylation is 1. The lowest BCUT2D eigenvalue weighted by Crippen LogP contribution is -2.53. The molecule has 0 N–H and O–H groups in total. The van der Waals surface area contributed by atoms with Crippen molar-refractivity contribution >= 4 is 28.3 Å². The minimum atomic E-state index is -4.19. The molecule has 0 bridgehead atoms. The molecule has 1 atom stereocenters. The molecule has 1 aliphatic heterocycles. The van der Waals surface area contributed by atoms with Crippen molar-refractivity contribution in [2.24, 2.45) is 7.05 Å². The highest BCUT2D eigenvalue weighted by Crippen LogP contribution is 2.30. The highest BCUT2D eigenvalue weighted by Gasteiger charge is 2.41. The molecule has 1 aromatic carbocycles. The van der Waals surface area contributed by atoms with E-state index in [1.165, 1.54) is 11.8 Å². The minimum absolute atomic E-state index is 0.360. The normalized spacial score (nSPS) is 18.6. The zero-order valence-corrected chi connectivity index (χ0v) is 13.7. The monoisotopic (exact) mass is 346 g/mol. The van der Waals surface area contributed by atoms with Gasteiger partial charge in [-0.05, 0) is 25.1 Å². The van der Waals surface area contributed by atoms with Crippen LogP contribution >= 0.6 is 11.6 Å². The average molecular weight is 347 g/mol. The number of anilines is 1. The third kappa shape index (κ3) is 3.12. The molecule has 0 aliphatic carbocycles. The molecule has 0 spiro atoms. The standard InChI is InChI=1S/C15H18ClF3N4/c1-10(15(17,18)19)22-5-7-23(8-6-22)14-12-9-11(16)3-4-13(12)21(2)20-14/h3-4,9-10H,5-8H2,1-2H3. The van der Waals surface area contributed by atoms with Gasteiger partial charge >= 0.3 is 6.18 Å². The predicted octanol–water partition coefficient (Wildman–Crippen LogP) is 3.30. The summed E-state index contributed by atoms with van der Waals surface area (Å²) in [5.41, 5.74) is 0.954. The van der Waals surface area contributed by atoms with Gasteiger partial charge in [0.25, 0.3) is 0 Å². The molecule has 2 heterocycles. The molecular formula is C15H18ClF3N4. The number of hydrogen-bond acceptors (Lipinski definition) is 3. The Kier molecular flexibility index (Phi) is 4.18. The SMILES string of the molecule is CC(N1CCN(c2nn(C)c3ccc(Cl)cc23)CC1)C(F)(F)F. The molecule has 1 aliphatic rings. The van der Waals surface area contributed by atoms with E-state index in [2.05, 4.69) is 5.10 Å². The Bertz CT molecular complexity index is 705. The second kappa shape index (κ2) is 5.87. The highest BCUT2D eigenvalue weighted by molar-refractivity contribution is 6.31. The first-order valence-corrected chi connectivity index (χ1v) is 7.83. The van der Waals surface area contributed by atoms with Crippen LogP contribution < -0.4 is 4.90 Å². The van der Waals surface area contributed by atoms with Gasteiger partial charge in [0.2, 0.25) is 0 Å². The maximum atomic E-state index is 12.8. The van der Waals surface area contributed by atoms with Crippen molar-refractivity contribution in [2.45, 2.75) is 19.1 Å². The van der Waals surface area contributed by atoms with E-state index < -0.39 is 12.2 Å². The third-order valence-corrected chi connectivity index (χ3v) is 4.66. The number of hydrogen-bond donors (Lipinski definition) is 0. The first-order chi connectivity index (χ1) is 10.8. The lowest BCUT2D eigenvalue weighted by Gasteiger charge is -2.38. The van der Waals surface area contributed by atoms with Gasteiger partial charge in [0.1, 0.15) is 6.04 Å². The quantitative estimate of drug-likeness (QED) is 0.834. The van der Waals surface area contributed by atoms with E-state index in [1.54, 1.807) is 10.7 Å². The van der Waals surface area contributed by atoms with Crippen molar-refractivity contribution in [1.82, 2.24) is 14.7 Å². The van der Waals surface area contributed by atoms with E-state index in [0.29, 0.717) is 31.2 Å². The van der Waals surface area contributed by atoms with Crippen molar-refractivity contribution in [2.75, 3.05) is 31.1 Å². The molecule has 0 amide bonds. The van der Waals surface area contributed by atoms with Gasteiger partial charge in [0.15, 0.2) is 5.82 Å². The molecule has 1 aromatic heterocycles. The third-order valence-electron chi connectivity index (χ3n) is 4.43. The largest absolute Gasteiger partial charge is 0.403 e. The van der Waals surface area contributed by atoms with Crippen LogP contribution in [0.2, 0.25) is 5.02 Å². The van der Waals surface area contributed by atoms with E-state index in [4.69, 9.17) is 11.6 Å². The molecule has 3 rings (SSSR count). The lowest BCUT2D eigenvalue weighted by molar-refractivity contribution is -0.179. The summed E-state index contributed by atoms with van der Waals surface area (Å²) in [6.07, 6.45) is -4.19. The maximum absolute atomic E-state index is 12.8. The Morgan fingerprint density at radius 3 is 2.43 bits per heavy atom. The van der Waals surface area contributed by atoms with Crippen LogP contribution in [0.15, 0.2) is 18.2 Å². The fraction of sp³-hybridized carbons (Fsp3) is 0.533. The van der Waals surface area contributed by atoms with Crippen molar-refractivity contribution < 1.29 is 13.2 Å². The number of aromatic nitrogens is 2. The Balaban J connectivity index is 1.79. The van der Waals surface area contributed by atoms with E-state index >= 15 is 0 Å². The number of halogens is 4. The van der Waals surface area contributed by atoms with Crippen LogP contribution in [0.5, 0.6) is 0 Å². The fourth-order valence-electron chi connectivity index (χ4n) is 2.98. The van der Waals surface area contributed by atoms with Crippen molar-refractivity contribution in [3.05, 3.63) is 23.2 Å². The molecule has 23 heavy (non-hydrogen) atoms. The summed E-state index contributed by atoms with van der Waals surface area (Å²) < 4.78 is 40.2. The van der Waals surface area contributed by atoms with Crippen molar-refractivity contribution in [3.8, 4) is 0 Å². The summed E-state index contributed by atoms with van der Waals surface area (Å²) in [7, 11) is 1.85. The maximum Gasteiger partial charge on any atom is 0.403 e. The molecular weight excluding hydrogens is 329 g/mol. The van der Waals surface area contributed by atoms with E-state index in [1.807, 2.05) is 24.1 Å². The van der Waals surface area contributed by atoms with Crippen LogP contribution in [0.4, 0.5) is 19.0 Å². The summed E-state index contributed by atoms with van der Waals surface area (Å²) in [6, 6.07) is 4.14. The molecule has 0 radical (unpaired) electrons. The summed E-state index contributed by atoms with van der Waals surface area (Å²) in [4.78, 5) is 3.49. The average Bonchev–Trinajstić information content (AvgIpc) is 2.82. The number of piperazine rings is 1. The molecule has 4 nitrogen and oxygen atoms in total. The smallest absolute Gasteiger partial charge is 0.352 e. The van der Waals surface area contributed by atoms with Gasteiger partial charge in [-0.2, -0.15) is 18.3 Å².